The number of hydrogen-bond donors (Lipinski definition) is 1. The largest absolute Gasteiger partial charge is 0.352 e. The summed E-state index contributed by atoms with van der Waals surface area (Å²) in [6, 6.07) is 1.95. The van der Waals surface area contributed by atoms with Crippen LogP contribution in [0.1, 0.15) is 28.1 Å². The first-order chi connectivity index (χ1) is 8.15. The summed E-state index contributed by atoms with van der Waals surface area (Å²) in [5.41, 5.74) is 0.806. The number of aryl methyl sites for hydroxylation is 1. The summed E-state index contributed by atoms with van der Waals surface area (Å²) < 4.78 is 0. The van der Waals surface area contributed by atoms with Crippen LogP contribution in [0.15, 0.2) is 11.4 Å². The Morgan fingerprint density at radius 1 is 1.53 bits per heavy atom. The summed E-state index contributed by atoms with van der Waals surface area (Å²) in [6.07, 6.45) is 2.39. The van der Waals surface area contributed by atoms with Crippen molar-refractivity contribution in [3.05, 3.63) is 21.9 Å². The topological polar surface area (TPSA) is 32.3 Å². The van der Waals surface area contributed by atoms with Crippen molar-refractivity contribution in [1.29, 1.82) is 0 Å². The van der Waals surface area contributed by atoms with Gasteiger partial charge in [-0.05, 0) is 51.9 Å². The maximum Gasteiger partial charge on any atom is 0.252 e. The second-order valence-electron chi connectivity index (χ2n) is 4.90. The van der Waals surface area contributed by atoms with E-state index in [4.69, 9.17) is 0 Å². The number of thiophene rings is 1. The third-order valence-electron chi connectivity index (χ3n) is 3.38. The van der Waals surface area contributed by atoms with Crippen molar-refractivity contribution in [3.63, 3.8) is 0 Å². The maximum absolute atomic E-state index is 11.9. The van der Waals surface area contributed by atoms with Gasteiger partial charge in [0.25, 0.3) is 5.91 Å². The standard InChI is InChI=1S/C13H20N2OS/c1-10-7-12(9-17-10)13(16)14-8-11-3-5-15(2)6-4-11/h7,9,11H,3-6,8H2,1-2H3,(H,14,16). The van der Waals surface area contributed by atoms with Crippen LogP contribution in [0.4, 0.5) is 0 Å². The molecule has 94 valence electrons. The minimum Gasteiger partial charge on any atom is -0.352 e. The zero-order valence-electron chi connectivity index (χ0n) is 10.5. The van der Waals surface area contributed by atoms with Crippen molar-refractivity contribution in [3.8, 4) is 0 Å². The van der Waals surface area contributed by atoms with Gasteiger partial charge in [0.05, 0.1) is 5.56 Å². The van der Waals surface area contributed by atoms with E-state index in [2.05, 4.69) is 17.3 Å². The highest BCUT2D eigenvalue weighted by atomic mass is 32.1. The SMILES string of the molecule is Cc1cc(C(=O)NCC2CCN(C)CC2)cs1. The monoisotopic (exact) mass is 252 g/mol. The Labute approximate surface area is 107 Å². The highest BCUT2D eigenvalue weighted by Gasteiger charge is 2.17. The third kappa shape index (κ3) is 3.54. The number of rotatable bonds is 3. The molecule has 1 aliphatic rings. The number of carbonyl (C=O) groups excluding carboxylic acids is 1. The molecule has 3 nitrogen and oxygen atoms in total. The van der Waals surface area contributed by atoms with Gasteiger partial charge in [0, 0.05) is 16.8 Å². The number of likely N-dealkylation sites (tertiary alicyclic amines) is 1. The minimum absolute atomic E-state index is 0.0771. The van der Waals surface area contributed by atoms with Gasteiger partial charge in [0.15, 0.2) is 0 Å². The smallest absolute Gasteiger partial charge is 0.252 e. The summed E-state index contributed by atoms with van der Waals surface area (Å²) >= 11 is 1.63. The molecule has 0 aliphatic carbocycles. The van der Waals surface area contributed by atoms with Crippen LogP contribution < -0.4 is 5.32 Å². The Bertz CT molecular complexity index is 381. The van der Waals surface area contributed by atoms with Crippen molar-refractivity contribution in [2.24, 2.45) is 5.92 Å². The van der Waals surface area contributed by atoms with E-state index in [1.54, 1.807) is 11.3 Å². The van der Waals surface area contributed by atoms with Crippen LogP contribution in [0.2, 0.25) is 0 Å². The molecule has 2 heterocycles. The molecule has 1 fully saturated rings. The van der Waals surface area contributed by atoms with Gasteiger partial charge in [-0.2, -0.15) is 0 Å². The van der Waals surface area contributed by atoms with E-state index in [1.165, 1.54) is 17.7 Å². The highest BCUT2D eigenvalue weighted by molar-refractivity contribution is 7.10. The fraction of sp³-hybridized carbons (Fsp3) is 0.615. The first-order valence-electron chi connectivity index (χ1n) is 6.17. The molecule has 0 aromatic carbocycles. The highest BCUT2D eigenvalue weighted by Crippen LogP contribution is 2.16. The molecule has 2 rings (SSSR count). The number of nitrogens with zero attached hydrogens (tertiary/aromatic N) is 1. The van der Waals surface area contributed by atoms with Crippen LogP contribution in [-0.4, -0.2) is 37.5 Å². The van der Waals surface area contributed by atoms with Crippen molar-refractivity contribution in [2.45, 2.75) is 19.8 Å². The Morgan fingerprint density at radius 2 is 2.24 bits per heavy atom. The average molecular weight is 252 g/mol. The predicted octanol–water partition coefficient (Wildman–Crippen LogP) is 2.13. The van der Waals surface area contributed by atoms with Crippen LogP contribution >= 0.6 is 11.3 Å². The fourth-order valence-corrected chi connectivity index (χ4v) is 2.85. The lowest BCUT2D eigenvalue weighted by Gasteiger charge is -2.28. The molecule has 0 spiro atoms. The molecule has 1 aliphatic heterocycles. The summed E-state index contributed by atoms with van der Waals surface area (Å²) in [4.78, 5) is 15.4. The van der Waals surface area contributed by atoms with E-state index in [0.29, 0.717) is 5.92 Å². The molecule has 0 saturated carbocycles. The lowest BCUT2D eigenvalue weighted by Crippen LogP contribution is -2.36. The van der Waals surface area contributed by atoms with Gasteiger partial charge < -0.3 is 10.2 Å². The maximum atomic E-state index is 11.9. The second-order valence-corrected chi connectivity index (χ2v) is 6.02. The van der Waals surface area contributed by atoms with E-state index in [-0.39, 0.29) is 5.91 Å². The molecule has 1 saturated heterocycles. The van der Waals surface area contributed by atoms with Crippen LogP contribution in [0, 0.1) is 12.8 Å². The molecular formula is C13H20N2OS. The summed E-state index contributed by atoms with van der Waals surface area (Å²) in [5, 5.41) is 4.98. The Hall–Kier alpha value is -0.870. The van der Waals surface area contributed by atoms with Crippen LogP contribution in [0.25, 0.3) is 0 Å². The van der Waals surface area contributed by atoms with Gasteiger partial charge in [0.2, 0.25) is 0 Å². The molecular weight excluding hydrogens is 232 g/mol. The van der Waals surface area contributed by atoms with Crippen LogP contribution in [0.3, 0.4) is 0 Å². The van der Waals surface area contributed by atoms with Crippen molar-refractivity contribution >= 4 is 17.2 Å². The molecule has 0 radical (unpaired) electrons. The average Bonchev–Trinajstić information content (AvgIpc) is 2.75. The quantitative estimate of drug-likeness (QED) is 0.894. The Balaban J connectivity index is 1.76. The van der Waals surface area contributed by atoms with Crippen molar-refractivity contribution in [1.82, 2.24) is 10.2 Å². The van der Waals surface area contributed by atoms with Crippen molar-refractivity contribution < 1.29 is 4.79 Å². The Kier molecular flexibility index (Phi) is 4.18. The lowest BCUT2D eigenvalue weighted by molar-refractivity contribution is 0.0939. The number of carbonyl (C=O) groups is 1. The van der Waals surface area contributed by atoms with Gasteiger partial charge in [-0.15, -0.1) is 11.3 Å². The molecule has 1 N–H and O–H groups in total. The fourth-order valence-electron chi connectivity index (χ4n) is 2.17. The number of hydrogen-bond acceptors (Lipinski definition) is 3. The summed E-state index contributed by atoms with van der Waals surface area (Å²) in [5.74, 6) is 0.725. The van der Waals surface area contributed by atoms with Crippen LogP contribution in [-0.2, 0) is 0 Å². The molecule has 0 atom stereocenters. The van der Waals surface area contributed by atoms with E-state index in [9.17, 15) is 4.79 Å². The normalized spacial score (nSPS) is 18.2. The number of amides is 1. The van der Waals surface area contributed by atoms with E-state index < -0.39 is 0 Å². The van der Waals surface area contributed by atoms with E-state index in [0.717, 1.165) is 25.2 Å². The van der Waals surface area contributed by atoms with Crippen LogP contribution in [0.5, 0.6) is 0 Å². The first kappa shape index (κ1) is 12.6. The first-order valence-corrected chi connectivity index (χ1v) is 7.05. The number of nitrogens with one attached hydrogen (secondary N) is 1. The zero-order chi connectivity index (χ0) is 12.3. The predicted molar refractivity (Wildman–Crippen MR) is 71.6 cm³/mol. The zero-order valence-corrected chi connectivity index (χ0v) is 11.3. The molecule has 17 heavy (non-hydrogen) atoms. The van der Waals surface area contributed by atoms with E-state index >= 15 is 0 Å². The van der Waals surface area contributed by atoms with Gasteiger partial charge in [-0.1, -0.05) is 0 Å². The summed E-state index contributed by atoms with van der Waals surface area (Å²) in [7, 11) is 2.16. The minimum atomic E-state index is 0.0771. The van der Waals surface area contributed by atoms with Crippen molar-refractivity contribution in [2.75, 3.05) is 26.7 Å². The van der Waals surface area contributed by atoms with Gasteiger partial charge in [0.1, 0.15) is 0 Å². The molecule has 1 amide bonds. The number of piperidine rings is 1. The van der Waals surface area contributed by atoms with Gasteiger partial charge in [-0.25, -0.2) is 0 Å². The Morgan fingerprint density at radius 3 is 2.82 bits per heavy atom. The van der Waals surface area contributed by atoms with E-state index in [1.807, 2.05) is 18.4 Å². The second kappa shape index (κ2) is 5.65. The molecule has 1 aromatic rings. The summed E-state index contributed by atoms with van der Waals surface area (Å²) in [6.45, 7) is 5.15. The molecule has 4 heteroatoms. The van der Waals surface area contributed by atoms with Gasteiger partial charge >= 0.3 is 0 Å². The molecule has 0 unspecified atom stereocenters. The van der Waals surface area contributed by atoms with Gasteiger partial charge in [-0.3, -0.25) is 4.79 Å². The third-order valence-corrected chi connectivity index (χ3v) is 4.24. The molecule has 1 aromatic heterocycles. The molecule has 0 bridgehead atoms. The lowest BCUT2D eigenvalue weighted by atomic mass is 9.97.